The van der Waals surface area contributed by atoms with E-state index in [2.05, 4.69) is 15.3 Å². The summed E-state index contributed by atoms with van der Waals surface area (Å²) in [5.74, 6) is 0.837. The van der Waals surface area contributed by atoms with E-state index < -0.39 is 6.10 Å². The topological polar surface area (TPSA) is 109 Å². The van der Waals surface area contributed by atoms with Gasteiger partial charge in [-0.3, -0.25) is 0 Å². The summed E-state index contributed by atoms with van der Waals surface area (Å²) in [6, 6.07) is 0. The highest BCUT2D eigenvalue weighted by molar-refractivity contribution is 5.64. The van der Waals surface area contributed by atoms with Gasteiger partial charge in [0.2, 0.25) is 0 Å². The van der Waals surface area contributed by atoms with Gasteiger partial charge in [-0.1, -0.05) is 0 Å². The Balaban J connectivity index is 2.25. The number of nitrogens with two attached hydrogens (primary N) is 1. The van der Waals surface area contributed by atoms with E-state index in [-0.39, 0.29) is 13.2 Å². The molecule has 0 aliphatic heterocycles. The molecule has 0 aliphatic rings. The predicted octanol–water partition coefficient (Wildman–Crippen LogP) is -0.923. The standard InChI is InChI=1S/C9H13N5O2/c10-7-4-14-2-1-11-9(14)8(13-7)12-3-6(16)5-15/h1-2,4,6,15-16H,3,5,10H2,(H,12,13). The third-order valence-corrected chi connectivity index (χ3v) is 2.11. The van der Waals surface area contributed by atoms with Gasteiger partial charge in [0, 0.05) is 18.9 Å². The highest BCUT2D eigenvalue weighted by atomic mass is 16.3. The molecule has 0 saturated carbocycles. The molecule has 1 atom stereocenters. The summed E-state index contributed by atoms with van der Waals surface area (Å²) in [5.41, 5.74) is 6.24. The maximum Gasteiger partial charge on any atom is 0.180 e. The molecule has 0 amide bonds. The van der Waals surface area contributed by atoms with E-state index in [9.17, 15) is 5.11 Å². The zero-order valence-corrected chi connectivity index (χ0v) is 8.54. The molecule has 0 radical (unpaired) electrons. The quantitative estimate of drug-likeness (QED) is 0.533. The zero-order chi connectivity index (χ0) is 11.5. The Morgan fingerprint density at radius 2 is 2.38 bits per heavy atom. The van der Waals surface area contributed by atoms with Crippen molar-refractivity contribution in [2.75, 3.05) is 24.2 Å². The SMILES string of the molecule is Nc1cn2ccnc2c(NCC(O)CO)n1. The molecule has 0 aromatic carbocycles. The van der Waals surface area contributed by atoms with E-state index in [1.54, 1.807) is 23.0 Å². The molecule has 7 nitrogen and oxygen atoms in total. The first-order valence-electron chi connectivity index (χ1n) is 4.82. The lowest BCUT2D eigenvalue weighted by atomic mass is 10.4. The first kappa shape index (κ1) is 10.7. The number of aliphatic hydroxyl groups is 2. The van der Waals surface area contributed by atoms with Gasteiger partial charge < -0.3 is 25.7 Å². The van der Waals surface area contributed by atoms with Crippen molar-refractivity contribution < 1.29 is 10.2 Å². The molecule has 7 heteroatoms. The van der Waals surface area contributed by atoms with Crippen LogP contribution in [0.25, 0.3) is 5.65 Å². The minimum atomic E-state index is -0.835. The largest absolute Gasteiger partial charge is 0.394 e. The summed E-state index contributed by atoms with van der Waals surface area (Å²) in [4.78, 5) is 8.17. The number of imidazole rings is 1. The average Bonchev–Trinajstić information content (AvgIpc) is 2.73. The normalized spacial score (nSPS) is 12.9. The summed E-state index contributed by atoms with van der Waals surface area (Å²) in [6.45, 7) is -0.116. The molecule has 2 rings (SSSR count). The number of nitrogens with zero attached hydrogens (tertiary/aromatic N) is 3. The van der Waals surface area contributed by atoms with Gasteiger partial charge in [0.1, 0.15) is 5.82 Å². The van der Waals surface area contributed by atoms with Crippen LogP contribution in [0.2, 0.25) is 0 Å². The van der Waals surface area contributed by atoms with Crippen LogP contribution in [0, 0.1) is 0 Å². The minimum absolute atomic E-state index is 0.190. The van der Waals surface area contributed by atoms with Crippen molar-refractivity contribution in [1.82, 2.24) is 14.4 Å². The number of fused-ring (bicyclic) bond motifs is 1. The van der Waals surface area contributed by atoms with Crippen molar-refractivity contribution in [3.8, 4) is 0 Å². The fourth-order valence-corrected chi connectivity index (χ4v) is 1.35. The monoisotopic (exact) mass is 223 g/mol. The maximum atomic E-state index is 9.21. The summed E-state index contributed by atoms with van der Waals surface area (Å²) in [5, 5.41) is 20.8. The molecule has 0 bridgehead atoms. The second-order valence-electron chi connectivity index (χ2n) is 3.39. The van der Waals surface area contributed by atoms with Gasteiger partial charge >= 0.3 is 0 Å². The lowest BCUT2D eigenvalue weighted by Crippen LogP contribution is -2.23. The van der Waals surface area contributed by atoms with Crippen LogP contribution >= 0.6 is 0 Å². The number of hydrogen-bond acceptors (Lipinski definition) is 6. The Hall–Kier alpha value is -1.86. The fraction of sp³-hybridized carbons (Fsp3) is 0.333. The van der Waals surface area contributed by atoms with Crippen molar-refractivity contribution in [3.05, 3.63) is 18.6 Å². The fourth-order valence-electron chi connectivity index (χ4n) is 1.35. The second kappa shape index (κ2) is 4.33. The summed E-state index contributed by atoms with van der Waals surface area (Å²) in [7, 11) is 0. The van der Waals surface area contributed by atoms with Gasteiger partial charge in [0.15, 0.2) is 11.5 Å². The molecule has 2 heterocycles. The van der Waals surface area contributed by atoms with Crippen LogP contribution in [0.15, 0.2) is 18.6 Å². The minimum Gasteiger partial charge on any atom is -0.394 e. The Morgan fingerprint density at radius 1 is 1.56 bits per heavy atom. The van der Waals surface area contributed by atoms with Crippen LogP contribution in [0.3, 0.4) is 0 Å². The summed E-state index contributed by atoms with van der Waals surface area (Å²) >= 11 is 0. The van der Waals surface area contributed by atoms with Gasteiger partial charge in [-0.25, -0.2) is 9.97 Å². The molecular weight excluding hydrogens is 210 g/mol. The molecule has 0 saturated heterocycles. The van der Waals surface area contributed by atoms with Crippen LogP contribution < -0.4 is 11.1 Å². The summed E-state index contributed by atoms with van der Waals surface area (Å²) < 4.78 is 1.73. The number of hydrogen-bond donors (Lipinski definition) is 4. The van der Waals surface area contributed by atoms with Crippen molar-refractivity contribution in [3.63, 3.8) is 0 Å². The Labute approximate surface area is 91.6 Å². The van der Waals surface area contributed by atoms with Crippen molar-refractivity contribution in [1.29, 1.82) is 0 Å². The number of nitrogens with one attached hydrogen (secondary N) is 1. The Kier molecular flexibility index (Phi) is 2.88. The molecule has 0 fully saturated rings. The lowest BCUT2D eigenvalue weighted by Gasteiger charge is -2.10. The van der Waals surface area contributed by atoms with E-state index in [0.717, 1.165) is 0 Å². The number of anilines is 2. The highest BCUT2D eigenvalue weighted by Crippen LogP contribution is 2.14. The van der Waals surface area contributed by atoms with E-state index in [1.807, 2.05) is 0 Å². The van der Waals surface area contributed by atoms with E-state index >= 15 is 0 Å². The molecule has 16 heavy (non-hydrogen) atoms. The third kappa shape index (κ3) is 2.05. The first-order valence-corrected chi connectivity index (χ1v) is 4.82. The molecule has 1 unspecified atom stereocenters. The Bertz CT molecular complexity index is 484. The van der Waals surface area contributed by atoms with E-state index in [1.165, 1.54) is 0 Å². The molecule has 5 N–H and O–H groups in total. The molecule has 2 aromatic rings. The van der Waals surface area contributed by atoms with Gasteiger partial charge in [-0.2, -0.15) is 0 Å². The number of rotatable bonds is 4. The van der Waals surface area contributed by atoms with Gasteiger partial charge in [0.05, 0.1) is 18.9 Å². The molecule has 86 valence electrons. The molecule has 0 aliphatic carbocycles. The van der Waals surface area contributed by atoms with Crippen LogP contribution in [0.5, 0.6) is 0 Å². The van der Waals surface area contributed by atoms with Gasteiger partial charge in [-0.05, 0) is 0 Å². The average molecular weight is 223 g/mol. The number of nitrogen functional groups attached to an aromatic ring is 1. The van der Waals surface area contributed by atoms with Crippen LogP contribution in [-0.2, 0) is 0 Å². The third-order valence-electron chi connectivity index (χ3n) is 2.11. The maximum absolute atomic E-state index is 9.21. The molecule has 2 aromatic heterocycles. The Morgan fingerprint density at radius 3 is 3.12 bits per heavy atom. The van der Waals surface area contributed by atoms with E-state index in [4.69, 9.17) is 10.8 Å². The van der Waals surface area contributed by atoms with Crippen LogP contribution in [-0.4, -0.2) is 43.8 Å². The molecular formula is C9H13N5O2. The van der Waals surface area contributed by atoms with Gasteiger partial charge in [0.25, 0.3) is 0 Å². The highest BCUT2D eigenvalue weighted by Gasteiger charge is 2.07. The second-order valence-corrected chi connectivity index (χ2v) is 3.39. The zero-order valence-electron chi connectivity index (χ0n) is 8.54. The van der Waals surface area contributed by atoms with Crippen molar-refractivity contribution in [2.45, 2.75) is 6.10 Å². The smallest absolute Gasteiger partial charge is 0.180 e. The van der Waals surface area contributed by atoms with Crippen molar-refractivity contribution in [2.24, 2.45) is 0 Å². The number of aromatic nitrogens is 3. The van der Waals surface area contributed by atoms with Crippen LogP contribution in [0.4, 0.5) is 11.6 Å². The summed E-state index contributed by atoms with van der Waals surface area (Å²) in [6.07, 6.45) is 4.19. The number of aliphatic hydroxyl groups excluding tert-OH is 2. The first-order chi connectivity index (χ1) is 7.70. The van der Waals surface area contributed by atoms with Crippen LogP contribution in [0.1, 0.15) is 0 Å². The predicted molar refractivity (Wildman–Crippen MR) is 59.0 cm³/mol. The van der Waals surface area contributed by atoms with Gasteiger partial charge in [-0.15, -0.1) is 0 Å². The molecule has 0 spiro atoms. The van der Waals surface area contributed by atoms with E-state index in [0.29, 0.717) is 17.3 Å². The lowest BCUT2D eigenvalue weighted by molar-refractivity contribution is 0.105. The van der Waals surface area contributed by atoms with Crippen molar-refractivity contribution >= 4 is 17.3 Å².